The van der Waals surface area contributed by atoms with Gasteiger partial charge in [-0.1, -0.05) is 52.7 Å². The molecule has 0 saturated heterocycles. The molecule has 0 aliphatic rings. The number of carbonyl (C=O) groups is 1. The first-order valence-corrected chi connectivity index (χ1v) is 6.88. The second-order valence-electron chi connectivity index (χ2n) is 4.65. The predicted molar refractivity (Wildman–Crippen MR) is 75.5 cm³/mol. The lowest BCUT2D eigenvalue weighted by Crippen LogP contribution is -2.34. The number of hydrogen-bond acceptors (Lipinski definition) is 1. The molecular weight excluding hydrogens is 278 g/mol. The highest BCUT2D eigenvalue weighted by molar-refractivity contribution is 9.09. The molecule has 17 heavy (non-hydrogen) atoms. The maximum absolute atomic E-state index is 11.8. The number of alkyl halides is 1. The van der Waals surface area contributed by atoms with Gasteiger partial charge in [-0.25, -0.2) is 0 Å². The van der Waals surface area contributed by atoms with Crippen molar-refractivity contribution in [1.29, 1.82) is 0 Å². The normalized spacial score (nSPS) is 14.1. The van der Waals surface area contributed by atoms with E-state index >= 15 is 0 Å². The maximum atomic E-state index is 11.8. The first-order valence-electron chi connectivity index (χ1n) is 5.96. The van der Waals surface area contributed by atoms with E-state index in [-0.39, 0.29) is 11.9 Å². The number of benzene rings is 1. The highest BCUT2D eigenvalue weighted by Crippen LogP contribution is 2.08. The van der Waals surface area contributed by atoms with Crippen LogP contribution < -0.4 is 5.32 Å². The smallest absolute Gasteiger partial charge is 0.224 e. The Kier molecular flexibility index (Phi) is 5.69. The molecule has 2 unspecified atom stereocenters. The summed E-state index contributed by atoms with van der Waals surface area (Å²) in [5, 5.41) is 3.01. The Bertz CT molecular complexity index is 376. The Morgan fingerprint density at radius 3 is 2.71 bits per heavy atom. The number of carbonyl (C=O) groups excluding carboxylic acids is 1. The van der Waals surface area contributed by atoms with Crippen LogP contribution in [0.5, 0.6) is 0 Å². The van der Waals surface area contributed by atoms with Gasteiger partial charge in [0.15, 0.2) is 0 Å². The number of halogens is 1. The summed E-state index contributed by atoms with van der Waals surface area (Å²) in [6.07, 6.45) is 1.41. The number of amides is 1. The van der Waals surface area contributed by atoms with Gasteiger partial charge in [0.2, 0.25) is 5.91 Å². The Hall–Kier alpha value is -0.830. The highest BCUT2D eigenvalue weighted by Gasteiger charge is 2.10. The molecule has 0 saturated carbocycles. The van der Waals surface area contributed by atoms with Crippen LogP contribution in [0, 0.1) is 6.92 Å². The zero-order valence-electron chi connectivity index (χ0n) is 10.7. The van der Waals surface area contributed by atoms with Crippen LogP contribution >= 0.6 is 15.9 Å². The molecule has 1 aromatic rings. The van der Waals surface area contributed by atoms with Crippen LogP contribution in [0.25, 0.3) is 0 Å². The number of rotatable bonds is 5. The van der Waals surface area contributed by atoms with Crippen molar-refractivity contribution in [3.8, 4) is 0 Å². The summed E-state index contributed by atoms with van der Waals surface area (Å²) in [5.41, 5.74) is 2.26. The van der Waals surface area contributed by atoms with Crippen LogP contribution in [0.1, 0.15) is 31.4 Å². The van der Waals surface area contributed by atoms with E-state index in [9.17, 15) is 4.79 Å². The van der Waals surface area contributed by atoms with E-state index in [4.69, 9.17) is 0 Å². The van der Waals surface area contributed by atoms with Gasteiger partial charge in [0.1, 0.15) is 0 Å². The molecule has 0 aliphatic carbocycles. The minimum atomic E-state index is 0.0938. The molecule has 1 amide bonds. The molecule has 2 atom stereocenters. The van der Waals surface area contributed by atoms with E-state index < -0.39 is 0 Å². The molecule has 1 aromatic carbocycles. The van der Waals surface area contributed by atoms with E-state index in [1.54, 1.807) is 0 Å². The third-order valence-corrected chi connectivity index (χ3v) is 2.91. The van der Waals surface area contributed by atoms with Crippen LogP contribution in [0.4, 0.5) is 0 Å². The van der Waals surface area contributed by atoms with E-state index in [0.717, 1.165) is 12.0 Å². The van der Waals surface area contributed by atoms with Gasteiger partial charge >= 0.3 is 0 Å². The van der Waals surface area contributed by atoms with Crippen LogP contribution in [0.3, 0.4) is 0 Å². The lowest BCUT2D eigenvalue weighted by atomic mass is 10.1. The summed E-state index contributed by atoms with van der Waals surface area (Å²) in [4.78, 5) is 12.2. The van der Waals surface area contributed by atoms with Crippen LogP contribution in [0.15, 0.2) is 24.3 Å². The van der Waals surface area contributed by atoms with Crippen molar-refractivity contribution in [1.82, 2.24) is 5.32 Å². The molecule has 0 fully saturated rings. The van der Waals surface area contributed by atoms with E-state index in [0.29, 0.717) is 11.2 Å². The van der Waals surface area contributed by atoms with Gasteiger partial charge in [-0.3, -0.25) is 4.79 Å². The van der Waals surface area contributed by atoms with Crippen molar-refractivity contribution >= 4 is 21.8 Å². The molecule has 0 radical (unpaired) electrons. The first-order chi connectivity index (χ1) is 7.97. The lowest BCUT2D eigenvalue weighted by molar-refractivity contribution is -0.121. The summed E-state index contributed by atoms with van der Waals surface area (Å²) in [5.74, 6) is 0.0938. The van der Waals surface area contributed by atoms with Crippen molar-refractivity contribution in [2.24, 2.45) is 0 Å². The second-order valence-corrected chi connectivity index (χ2v) is 6.21. The molecule has 1 N–H and O–H groups in total. The molecule has 3 heteroatoms. The van der Waals surface area contributed by atoms with Gasteiger partial charge < -0.3 is 5.32 Å². The van der Waals surface area contributed by atoms with E-state index in [1.165, 1.54) is 5.56 Å². The average Bonchev–Trinajstić information content (AvgIpc) is 2.14. The van der Waals surface area contributed by atoms with Crippen molar-refractivity contribution in [2.45, 2.75) is 44.5 Å². The Labute approximate surface area is 112 Å². The van der Waals surface area contributed by atoms with Crippen LogP contribution in [0.2, 0.25) is 0 Å². The van der Waals surface area contributed by atoms with E-state index in [2.05, 4.69) is 34.2 Å². The fraction of sp³-hybridized carbons (Fsp3) is 0.500. The molecule has 1 rings (SSSR count). The third-order valence-electron chi connectivity index (χ3n) is 2.53. The SMILES string of the molecule is Cc1cccc(CC(=O)NC(C)CC(C)Br)c1. The summed E-state index contributed by atoms with van der Waals surface area (Å²) >= 11 is 3.49. The lowest BCUT2D eigenvalue weighted by Gasteiger charge is -2.15. The molecular formula is C14H20BrNO. The quantitative estimate of drug-likeness (QED) is 0.831. The van der Waals surface area contributed by atoms with Crippen LogP contribution in [-0.4, -0.2) is 16.8 Å². The largest absolute Gasteiger partial charge is 0.353 e. The van der Waals surface area contributed by atoms with Gasteiger partial charge in [-0.15, -0.1) is 0 Å². The van der Waals surface area contributed by atoms with Gasteiger partial charge in [-0.2, -0.15) is 0 Å². The fourth-order valence-corrected chi connectivity index (χ4v) is 2.44. The third kappa shape index (κ3) is 5.87. The molecule has 0 bridgehead atoms. The molecule has 0 heterocycles. The summed E-state index contributed by atoms with van der Waals surface area (Å²) < 4.78 is 0. The average molecular weight is 298 g/mol. The van der Waals surface area contributed by atoms with Crippen molar-refractivity contribution in [3.05, 3.63) is 35.4 Å². The van der Waals surface area contributed by atoms with E-state index in [1.807, 2.05) is 32.0 Å². The summed E-state index contributed by atoms with van der Waals surface area (Å²) in [7, 11) is 0. The van der Waals surface area contributed by atoms with Gasteiger partial charge in [0.25, 0.3) is 0 Å². The Morgan fingerprint density at radius 2 is 2.12 bits per heavy atom. The van der Waals surface area contributed by atoms with Gasteiger partial charge in [0.05, 0.1) is 6.42 Å². The van der Waals surface area contributed by atoms with Crippen LogP contribution in [-0.2, 0) is 11.2 Å². The minimum absolute atomic E-state index is 0.0938. The van der Waals surface area contributed by atoms with Gasteiger partial charge in [0, 0.05) is 10.9 Å². The highest BCUT2D eigenvalue weighted by atomic mass is 79.9. The topological polar surface area (TPSA) is 29.1 Å². The molecule has 94 valence electrons. The molecule has 0 aromatic heterocycles. The molecule has 0 aliphatic heterocycles. The summed E-state index contributed by atoms with van der Waals surface area (Å²) in [6, 6.07) is 8.28. The zero-order valence-corrected chi connectivity index (χ0v) is 12.3. The number of hydrogen-bond donors (Lipinski definition) is 1. The maximum Gasteiger partial charge on any atom is 0.224 e. The fourth-order valence-electron chi connectivity index (χ4n) is 1.88. The standard InChI is InChI=1S/C14H20BrNO/c1-10-5-4-6-13(7-10)9-14(17)16-12(3)8-11(2)15/h4-7,11-12H,8-9H2,1-3H3,(H,16,17). The van der Waals surface area contributed by atoms with Gasteiger partial charge in [-0.05, 0) is 25.8 Å². The molecule has 0 spiro atoms. The monoisotopic (exact) mass is 297 g/mol. The Morgan fingerprint density at radius 1 is 1.41 bits per heavy atom. The Balaban J connectivity index is 2.44. The second kappa shape index (κ2) is 6.80. The zero-order chi connectivity index (χ0) is 12.8. The summed E-state index contributed by atoms with van der Waals surface area (Å²) in [6.45, 7) is 6.16. The molecule has 2 nitrogen and oxygen atoms in total. The number of nitrogens with one attached hydrogen (secondary N) is 1. The van der Waals surface area contributed by atoms with Crippen molar-refractivity contribution in [3.63, 3.8) is 0 Å². The minimum Gasteiger partial charge on any atom is -0.353 e. The van der Waals surface area contributed by atoms with Crippen molar-refractivity contribution in [2.75, 3.05) is 0 Å². The number of aryl methyl sites for hydroxylation is 1. The predicted octanol–water partition coefficient (Wildman–Crippen LogP) is 3.22. The van der Waals surface area contributed by atoms with Crippen molar-refractivity contribution < 1.29 is 4.79 Å². The first kappa shape index (κ1) is 14.2.